The first-order chi connectivity index (χ1) is 6.66. The fourth-order valence-corrected chi connectivity index (χ4v) is 1.95. The van der Waals surface area contributed by atoms with Gasteiger partial charge >= 0.3 is 0 Å². The summed E-state index contributed by atoms with van der Waals surface area (Å²) in [5, 5.41) is 6.27. The molecule has 3 N–H and O–H groups in total. The molecule has 2 rings (SSSR count). The van der Waals surface area contributed by atoms with Gasteiger partial charge in [0, 0.05) is 4.88 Å². The molecule has 0 bridgehead atoms. The van der Waals surface area contributed by atoms with Crippen LogP contribution >= 0.6 is 11.3 Å². The number of hydrogen-bond donors (Lipinski definition) is 2. The molecule has 0 atom stereocenters. The average molecular weight is 207 g/mol. The van der Waals surface area contributed by atoms with Gasteiger partial charge in [-0.15, -0.1) is 11.3 Å². The van der Waals surface area contributed by atoms with Gasteiger partial charge in [-0.2, -0.15) is 5.10 Å². The smallest absolute Gasteiger partial charge is 0.287 e. The lowest BCUT2D eigenvalue weighted by molar-refractivity contribution is 1.00. The normalized spacial score (nSPS) is 10.4. The van der Waals surface area contributed by atoms with Gasteiger partial charge in [-0.3, -0.25) is 4.79 Å². The minimum Gasteiger partial charge on any atom is -0.394 e. The monoisotopic (exact) mass is 207 g/mol. The number of hydrogen-bond acceptors (Lipinski definition) is 4. The van der Waals surface area contributed by atoms with Crippen LogP contribution in [-0.4, -0.2) is 10.2 Å². The highest BCUT2D eigenvalue weighted by atomic mass is 32.1. The van der Waals surface area contributed by atoms with E-state index in [4.69, 9.17) is 5.73 Å². The summed E-state index contributed by atoms with van der Waals surface area (Å²) >= 11 is 1.62. The maximum atomic E-state index is 11.0. The zero-order chi connectivity index (χ0) is 10.1. The van der Waals surface area contributed by atoms with Gasteiger partial charge in [-0.05, 0) is 25.1 Å². The molecule has 2 heterocycles. The number of H-pyrrole nitrogens is 1. The van der Waals surface area contributed by atoms with Gasteiger partial charge in [0.2, 0.25) is 0 Å². The van der Waals surface area contributed by atoms with Crippen molar-refractivity contribution in [2.75, 3.05) is 5.73 Å². The van der Waals surface area contributed by atoms with Crippen molar-refractivity contribution < 1.29 is 0 Å². The Kier molecular flexibility index (Phi) is 2.09. The molecule has 0 aliphatic rings. The SMILES string of the molecule is Cc1ccc(-c2cc(N)c(=O)[nH]n2)s1. The van der Waals surface area contributed by atoms with E-state index in [1.54, 1.807) is 17.4 Å². The Bertz CT molecular complexity index is 515. The third kappa shape index (κ3) is 1.54. The molecular formula is C9H9N3OS. The maximum Gasteiger partial charge on any atom is 0.287 e. The lowest BCUT2D eigenvalue weighted by Gasteiger charge is -1.96. The number of nitrogen functional groups attached to an aromatic ring is 1. The van der Waals surface area contributed by atoms with E-state index in [2.05, 4.69) is 10.2 Å². The van der Waals surface area contributed by atoms with Crippen molar-refractivity contribution in [2.45, 2.75) is 6.92 Å². The number of anilines is 1. The zero-order valence-corrected chi connectivity index (χ0v) is 8.39. The van der Waals surface area contributed by atoms with Gasteiger partial charge in [-0.25, -0.2) is 5.10 Å². The Morgan fingerprint density at radius 3 is 2.86 bits per heavy atom. The van der Waals surface area contributed by atoms with Gasteiger partial charge in [-0.1, -0.05) is 0 Å². The Morgan fingerprint density at radius 1 is 1.50 bits per heavy atom. The molecule has 0 saturated heterocycles. The van der Waals surface area contributed by atoms with Crippen LogP contribution < -0.4 is 11.3 Å². The Morgan fingerprint density at radius 2 is 2.29 bits per heavy atom. The van der Waals surface area contributed by atoms with E-state index in [9.17, 15) is 4.79 Å². The Balaban J connectivity index is 2.52. The zero-order valence-electron chi connectivity index (χ0n) is 7.57. The summed E-state index contributed by atoms with van der Waals surface area (Å²) in [6, 6.07) is 5.55. The fourth-order valence-electron chi connectivity index (χ4n) is 1.12. The fraction of sp³-hybridized carbons (Fsp3) is 0.111. The summed E-state index contributed by atoms with van der Waals surface area (Å²) in [6.07, 6.45) is 0. The van der Waals surface area contributed by atoms with Crippen LogP contribution in [0.2, 0.25) is 0 Å². The highest BCUT2D eigenvalue weighted by Gasteiger charge is 2.04. The second-order valence-corrected chi connectivity index (χ2v) is 4.24. The summed E-state index contributed by atoms with van der Waals surface area (Å²) in [7, 11) is 0. The number of thiophene rings is 1. The molecule has 72 valence electrons. The van der Waals surface area contributed by atoms with Gasteiger partial charge in [0.1, 0.15) is 11.4 Å². The first-order valence-corrected chi connectivity index (χ1v) is 4.90. The minimum absolute atomic E-state index is 0.195. The molecule has 0 aliphatic heterocycles. The predicted molar refractivity (Wildman–Crippen MR) is 57.3 cm³/mol. The van der Waals surface area contributed by atoms with Crippen molar-refractivity contribution in [3.8, 4) is 10.6 Å². The molecule has 2 aromatic rings. The van der Waals surface area contributed by atoms with E-state index in [-0.39, 0.29) is 11.2 Å². The molecule has 5 heteroatoms. The summed E-state index contributed by atoms with van der Waals surface area (Å²) in [5.74, 6) is 0. The second kappa shape index (κ2) is 3.26. The quantitative estimate of drug-likeness (QED) is 0.742. The molecule has 14 heavy (non-hydrogen) atoms. The van der Waals surface area contributed by atoms with Crippen LogP contribution in [0.5, 0.6) is 0 Å². The standard InChI is InChI=1S/C9H9N3OS/c1-5-2-3-8(14-5)7-4-6(10)9(13)12-11-7/h2-4H,1H3,(H2,10,11)(H,12,13). The average Bonchev–Trinajstić information content (AvgIpc) is 2.57. The molecule has 0 unspecified atom stereocenters. The number of aryl methyl sites for hydroxylation is 1. The molecule has 0 spiro atoms. The molecule has 2 aromatic heterocycles. The van der Waals surface area contributed by atoms with Crippen molar-refractivity contribution in [1.29, 1.82) is 0 Å². The highest BCUT2D eigenvalue weighted by Crippen LogP contribution is 2.25. The Hall–Kier alpha value is -1.62. The van der Waals surface area contributed by atoms with Gasteiger partial charge in [0.05, 0.1) is 4.88 Å². The minimum atomic E-state index is -0.345. The topological polar surface area (TPSA) is 71.8 Å². The molecule has 0 saturated carbocycles. The third-order valence-electron chi connectivity index (χ3n) is 1.83. The van der Waals surface area contributed by atoms with Crippen molar-refractivity contribution >= 4 is 17.0 Å². The number of rotatable bonds is 1. The van der Waals surface area contributed by atoms with E-state index >= 15 is 0 Å². The van der Waals surface area contributed by atoms with Crippen molar-refractivity contribution in [2.24, 2.45) is 0 Å². The second-order valence-electron chi connectivity index (χ2n) is 2.95. The highest BCUT2D eigenvalue weighted by molar-refractivity contribution is 7.15. The van der Waals surface area contributed by atoms with Crippen molar-refractivity contribution in [3.05, 3.63) is 33.4 Å². The lowest BCUT2D eigenvalue weighted by atomic mass is 10.3. The molecule has 0 aromatic carbocycles. The van der Waals surface area contributed by atoms with Crippen LogP contribution in [0.3, 0.4) is 0 Å². The van der Waals surface area contributed by atoms with Crippen LogP contribution in [-0.2, 0) is 0 Å². The first-order valence-electron chi connectivity index (χ1n) is 4.09. The number of nitrogens with two attached hydrogens (primary N) is 1. The molecule has 0 aliphatic carbocycles. The lowest BCUT2D eigenvalue weighted by Crippen LogP contribution is -2.12. The van der Waals surface area contributed by atoms with Gasteiger partial charge in [0.25, 0.3) is 5.56 Å². The largest absolute Gasteiger partial charge is 0.394 e. The maximum absolute atomic E-state index is 11.0. The van der Waals surface area contributed by atoms with E-state index < -0.39 is 0 Å². The number of nitrogens with one attached hydrogen (secondary N) is 1. The number of aromatic nitrogens is 2. The molecular weight excluding hydrogens is 198 g/mol. The number of aromatic amines is 1. The van der Waals surface area contributed by atoms with E-state index in [1.807, 2.05) is 19.1 Å². The summed E-state index contributed by atoms with van der Waals surface area (Å²) < 4.78 is 0. The summed E-state index contributed by atoms with van der Waals surface area (Å²) in [5.41, 5.74) is 6.04. The first kappa shape index (κ1) is 8.96. The van der Waals surface area contributed by atoms with Crippen LogP contribution in [0.15, 0.2) is 23.0 Å². The summed E-state index contributed by atoms with van der Waals surface area (Å²) in [6.45, 7) is 2.02. The molecule has 4 nitrogen and oxygen atoms in total. The molecule has 0 fully saturated rings. The third-order valence-corrected chi connectivity index (χ3v) is 2.85. The van der Waals surface area contributed by atoms with Crippen LogP contribution in [0.25, 0.3) is 10.6 Å². The van der Waals surface area contributed by atoms with Gasteiger partial charge < -0.3 is 5.73 Å². The van der Waals surface area contributed by atoms with E-state index in [0.717, 1.165) is 4.88 Å². The molecule has 0 amide bonds. The summed E-state index contributed by atoms with van der Waals surface area (Å²) in [4.78, 5) is 13.2. The van der Waals surface area contributed by atoms with Crippen molar-refractivity contribution in [3.63, 3.8) is 0 Å². The van der Waals surface area contributed by atoms with Gasteiger partial charge in [0.15, 0.2) is 0 Å². The van der Waals surface area contributed by atoms with Crippen LogP contribution in [0.1, 0.15) is 4.88 Å². The van der Waals surface area contributed by atoms with E-state index in [0.29, 0.717) is 5.69 Å². The molecule has 0 radical (unpaired) electrons. The van der Waals surface area contributed by atoms with Crippen LogP contribution in [0.4, 0.5) is 5.69 Å². The van der Waals surface area contributed by atoms with Crippen LogP contribution in [0, 0.1) is 6.92 Å². The Labute approximate surface area is 84.4 Å². The van der Waals surface area contributed by atoms with E-state index in [1.165, 1.54) is 4.88 Å². The number of nitrogens with zero attached hydrogens (tertiary/aromatic N) is 1. The van der Waals surface area contributed by atoms with Crippen molar-refractivity contribution in [1.82, 2.24) is 10.2 Å². The predicted octanol–water partition coefficient (Wildman–Crippen LogP) is 1.39.